The molecule has 3 aliphatic rings. The van der Waals surface area contributed by atoms with Crippen molar-refractivity contribution in [1.29, 1.82) is 5.26 Å². The van der Waals surface area contributed by atoms with Crippen LogP contribution in [0.25, 0.3) is 0 Å². The third-order valence-corrected chi connectivity index (χ3v) is 6.62. The first-order valence-corrected chi connectivity index (χ1v) is 12.1. The molecule has 1 aromatic carbocycles. The van der Waals surface area contributed by atoms with Crippen molar-refractivity contribution < 1.29 is 4.74 Å². The summed E-state index contributed by atoms with van der Waals surface area (Å²) in [6.07, 6.45) is 4.83. The van der Waals surface area contributed by atoms with Gasteiger partial charge in [-0.2, -0.15) is 5.26 Å². The zero-order chi connectivity index (χ0) is 24.8. The van der Waals surface area contributed by atoms with Crippen LogP contribution in [-0.2, 0) is 11.2 Å². The van der Waals surface area contributed by atoms with Crippen molar-refractivity contribution >= 4 is 11.4 Å². The molecule has 4 rings (SSSR count). The Morgan fingerprint density at radius 3 is 2.76 bits per heavy atom. The zero-order valence-corrected chi connectivity index (χ0v) is 21.4. The maximum atomic E-state index is 9.58. The van der Waals surface area contributed by atoms with Gasteiger partial charge in [-0.25, -0.2) is 0 Å². The topological polar surface area (TPSA) is 60.6 Å². The van der Waals surface area contributed by atoms with E-state index >= 15 is 0 Å². The van der Waals surface area contributed by atoms with Crippen molar-refractivity contribution in [2.75, 3.05) is 13.3 Å². The number of benzene rings is 1. The molecular weight excluding hydrogens is 420 g/mol. The number of para-hydroxylation sites is 1. The lowest BCUT2D eigenvalue weighted by atomic mass is 9.84. The van der Waals surface area contributed by atoms with Crippen molar-refractivity contribution in [2.45, 2.75) is 66.8 Å². The van der Waals surface area contributed by atoms with Crippen LogP contribution in [0.1, 0.15) is 58.6 Å². The molecular formula is C29H36N4O. The van der Waals surface area contributed by atoms with Crippen LogP contribution in [0.4, 0.5) is 5.69 Å². The van der Waals surface area contributed by atoms with Gasteiger partial charge < -0.3 is 15.0 Å². The van der Waals surface area contributed by atoms with E-state index in [1.54, 1.807) is 0 Å². The van der Waals surface area contributed by atoms with E-state index in [9.17, 15) is 5.26 Å². The smallest absolute Gasteiger partial charge is 0.187 e. The van der Waals surface area contributed by atoms with Crippen LogP contribution >= 0.6 is 0 Å². The number of nitriles is 1. The molecule has 178 valence electrons. The Balaban J connectivity index is 0.00000158. The fourth-order valence-corrected chi connectivity index (χ4v) is 4.75. The van der Waals surface area contributed by atoms with Crippen molar-refractivity contribution in [3.8, 4) is 6.07 Å². The number of ether oxygens (including phenoxy) is 1. The van der Waals surface area contributed by atoms with Crippen LogP contribution in [0.3, 0.4) is 0 Å². The van der Waals surface area contributed by atoms with Gasteiger partial charge in [-0.1, -0.05) is 61.6 Å². The fraction of sp³-hybridized carbons (Fsp3) is 0.414. The Morgan fingerprint density at radius 1 is 1.35 bits per heavy atom. The number of nitrogens with zero attached hydrogens (tertiary/aromatic N) is 3. The van der Waals surface area contributed by atoms with Gasteiger partial charge in [0.15, 0.2) is 18.2 Å². The average Bonchev–Trinajstić information content (AvgIpc) is 3.50. The first-order valence-electron chi connectivity index (χ1n) is 12.1. The molecule has 0 amide bonds. The van der Waals surface area contributed by atoms with E-state index in [0.717, 1.165) is 42.9 Å². The van der Waals surface area contributed by atoms with Crippen LogP contribution in [0.2, 0.25) is 0 Å². The molecule has 1 aromatic rings. The third kappa shape index (κ3) is 4.74. The van der Waals surface area contributed by atoms with E-state index in [1.165, 1.54) is 27.8 Å². The van der Waals surface area contributed by atoms with E-state index in [4.69, 9.17) is 9.73 Å². The minimum absolute atomic E-state index is 0.0219. The number of rotatable bonds is 5. The van der Waals surface area contributed by atoms with Crippen molar-refractivity contribution in [1.82, 2.24) is 10.2 Å². The van der Waals surface area contributed by atoms with Crippen LogP contribution in [-0.4, -0.2) is 29.9 Å². The summed E-state index contributed by atoms with van der Waals surface area (Å²) in [5.41, 5.74) is 13.1. The summed E-state index contributed by atoms with van der Waals surface area (Å²) >= 11 is 0. The zero-order valence-electron chi connectivity index (χ0n) is 21.4. The largest absolute Gasteiger partial charge is 0.467 e. The Kier molecular flexibility index (Phi) is 8.21. The summed E-state index contributed by atoms with van der Waals surface area (Å²) in [6.45, 7) is 17.7. The minimum Gasteiger partial charge on any atom is -0.467 e. The number of fused-ring (bicyclic) bond motifs is 1. The molecule has 0 aliphatic carbocycles. The second kappa shape index (κ2) is 11.1. The summed E-state index contributed by atoms with van der Waals surface area (Å²) in [4.78, 5) is 7.44. The van der Waals surface area contributed by atoms with Crippen LogP contribution in [0, 0.1) is 18.3 Å². The lowest BCUT2D eigenvalue weighted by Crippen LogP contribution is -2.46. The Bertz CT molecular complexity index is 1170. The van der Waals surface area contributed by atoms with Gasteiger partial charge in [-0.3, -0.25) is 4.99 Å². The SMILES string of the molecule is C=C=C(C1=C(C#N)NCO1)N1CCC(C)=C(CC(C)=CC)[C@H]1C1=Nc2c(C)cccc2C1.CC. The van der Waals surface area contributed by atoms with Crippen LogP contribution < -0.4 is 5.32 Å². The lowest BCUT2D eigenvalue weighted by molar-refractivity contribution is 0.210. The summed E-state index contributed by atoms with van der Waals surface area (Å²) < 4.78 is 5.82. The molecule has 0 bridgehead atoms. The third-order valence-electron chi connectivity index (χ3n) is 6.62. The average molecular weight is 457 g/mol. The molecule has 3 heterocycles. The highest BCUT2D eigenvalue weighted by Crippen LogP contribution is 2.39. The van der Waals surface area contributed by atoms with E-state index < -0.39 is 0 Å². The summed E-state index contributed by atoms with van der Waals surface area (Å²) in [5.74, 6) is 0.529. The monoisotopic (exact) mass is 456 g/mol. The fourth-order valence-electron chi connectivity index (χ4n) is 4.75. The molecule has 0 saturated heterocycles. The summed E-state index contributed by atoms with van der Waals surface area (Å²) in [5, 5.41) is 12.6. The van der Waals surface area contributed by atoms with Crippen molar-refractivity contribution in [3.63, 3.8) is 0 Å². The van der Waals surface area contributed by atoms with Gasteiger partial charge in [0, 0.05) is 18.7 Å². The van der Waals surface area contributed by atoms with Gasteiger partial charge in [0.25, 0.3) is 0 Å². The highest BCUT2D eigenvalue weighted by molar-refractivity contribution is 6.00. The highest BCUT2D eigenvalue weighted by Gasteiger charge is 2.38. The quantitative estimate of drug-likeness (QED) is 0.413. The number of hydrogen-bond acceptors (Lipinski definition) is 5. The van der Waals surface area contributed by atoms with Crippen LogP contribution in [0.15, 0.2) is 75.5 Å². The predicted octanol–water partition coefficient (Wildman–Crippen LogP) is 6.38. The van der Waals surface area contributed by atoms with Gasteiger partial charge in [-0.05, 0) is 57.2 Å². The molecule has 0 fully saturated rings. The van der Waals surface area contributed by atoms with Gasteiger partial charge in [0.1, 0.15) is 11.8 Å². The molecule has 1 atom stereocenters. The molecule has 0 saturated carbocycles. The number of nitrogens with one attached hydrogen (secondary N) is 1. The Hall–Kier alpha value is -3.48. The summed E-state index contributed by atoms with van der Waals surface area (Å²) in [6, 6.07) is 8.58. The first kappa shape index (κ1) is 25.1. The normalized spacial score (nSPS) is 19.3. The molecule has 0 radical (unpaired) electrons. The van der Waals surface area contributed by atoms with E-state index in [0.29, 0.717) is 11.5 Å². The predicted molar refractivity (Wildman–Crippen MR) is 140 cm³/mol. The lowest BCUT2D eigenvalue weighted by Gasteiger charge is -2.41. The van der Waals surface area contributed by atoms with Gasteiger partial charge in [0.05, 0.1) is 11.7 Å². The number of allylic oxidation sites excluding steroid dienone is 3. The molecule has 5 heteroatoms. The first-order chi connectivity index (χ1) is 16.5. The van der Waals surface area contributed by atoms with Crippen LogP contribution in [0.5, 0.6) is 0 Å². The van der Waals surface area contributed by atoms with E-state index in [1.807, 2.05) is 13.8 Å². The summed E-state index contributed by atoms with van der Waals surface area (Å²) in [7, 11) is 0. The Morgan fingerprint density at radius 2 is 2.12 bits per heavy atom. The molecule has 0 unspecified atom stereocenters. The molecule has 5 nitrogen and oxygen atoms in total. The molecule has 1 N–H and O–H groups in total. The number of aryl methyl sites for hydroxylation is 1. The number of hydrogen-bond donors (Lipinski definition) is 1. The van der Waals surface area contributed by atoms with Gasteiger partial charge in [0.2, 0.25) is 0 Å². The second-order valence-electron chi connectivity index (χ2n) is 8.63. The maximum Gasteiger partial charge on any atom is 0.187 e. The number of aliphatic imine (C=N–C) groups is 1. The van der Waals surface area contributed by atoms with Gasteiger partial charge in [-0.15, -0.1) is 0 Å². The van der Waals surface area contributed by atoms with E-state index in [-0.39, 0.29) is 12.8 Å². The van der Waals surface area contributed by atoms with E-state index in [2.05, 4.69) is 80.6 Å². The van der Waals surface area contributed by atoms with Crippen molar-refractivity contribution in [3.05, 3.63) is 81.6 Å². The highest BCUT2D eigenvalue weighted by atomic mass is 16.5. The minimum atomic E-state index is -0.0219. The molecule has 0 aromatic heterocycles. The van der Waals surface area contributed by atoms with Gasteiger partial charge >= 0.3 is 0 Å². The molecule has 0 spiro atoms. The van der Waals surface area contributed by atoms with Crippen molar-refractivity contribution in [2.24, 2.45) is 4.99 Å². The molecule has 3 aliphatic heterocycles. The molecule has 34 heavy (non-hydrogen) atoms. The Labute approximate surface area is 204 Å². The standard InChI is InChI=1S/C27H30N4O.C2H6/c1-6-17(3)13-21-18(4)11-12-31(24(7-2)27-23(15-28)29-16-32-27)26(21)22-14-20-10-8-9-19(5)25(20)30-22;1-2/h6,8-10,26,29H,2,11-14,16H2,1,3-5H3;1-2H3/t26-;/m0./s1. The second-order valence-corrected chi connectivity index (χ2v) is 8.63. The maximum absolute atomic E-state index is 9.58.